The lowest BCUT2D eigenvalue weighted by Gasteiger charge is -2.24. The number of carbonyl (C=O) groups is 2. The van der Waals surface area contributed by atoms with Crippen LogP contribution in [0.3, 0.4) is 0 Å². The van der Waals surface area contributed by atoms with E-state index in [0.29, 0.717) is 11.0 Å². The number of amides is 2. The number of nitrogens with one attached hydrogen (secondary N) is 1. The molecule has 4 rings (SSSR count). The normalized spacial score (nSPS) is 23.6. The number of carbonyl (C=O) groups excluding carboxylic acids is 2. The van der Waals surface area contributed by atoms with Gasteiger partial charge in [0.15, 0.2) is 0 Å². The summed E-state index contributed by atoms with van der Waals surface area (Å²) < 4.78 is 0. The SMILES string of the molecule is CN1C(=O)C[C@@H](C(=O)Nc2nnc(C3CCCC3)s2)[C@@H]1c1ccccc1. The van der Waals surface area contributed by atoms with Gasteiger partial charge in [0.2, 0.25) is 16.9 Å². The molecule has 0 bridgehead atoms. The van der Waals surface area contributed by atoms with Crippen LogP contribution in [0.2, 0.25) is 0 Å². The van der Waals surface area contributed by atoms with Gasteiger partial charge < -0.3 is 10.2 Å². The molecular weight excluding hydrogens is 348 g/mol. The minimum atomic E-state index is -0.422. The van der Waals surface area contributed by atoms with Gasteiger partial charge in [0.1, 0.15) is 5.01 Å². The van der Waals surface area contributed by atoms with Gasteiger partial charge in [0.25, 0.3) is 0 Å². The van der Waals surface area contributed by atoms with Crippen molar-refractivity contribution in [1.82, 2.24) is 15.1 Å². The van der Waals surface area contributed by atoms with E-state index in [-0.39, 0.29) is 24.3 Å². The van der Waals surface area contributed by atoms with Crippen molar-refractivity contribution in [3.05, 3.63) is 40.9 Å². The van der Waals surface area contributed by atoms with Gasteiger partial charge in [-0.05, 0) is 18.4 Å². The summed E-state index contributed by atoms with van der Waals surface area (Å²) in [5, 5.41) is 12.8. The minimum absolute atomic E-state index is 0.0112. The molecule has 2 heterocycles. The van der Waals surface area contributed by atoms with Crippen molar-refractivity contribution in [2.45, 2.75) is 44.1 Å². The van der Waals surface area contributed by atoms with Crippen molar-refractivity contribution >= 4 is 28.3 Å². The van der Waals surface area contributed by atoms with Crippen LogP contribution in [0.5, 0.6) is 0 Å². The second kappa shape index (κ2) is 7.15. The van der Waals surface area contributed by atoms with Gasteiger partial charge in [-0.3, -0.25) is 9.59 Å². The molecule has 0 radical (unpaired) electrons. The van der Waals surface area contributed by atoms with Crippen molar-refractivity contribution in [1.29, 1.82) is 0 Å². The van der Waals surface area contributed by atoms with E-state index < -0.39 is 5.92 Å². The molecule has 1 aliphatic carbocycles. The Morgan fingerprint density at radius 1 is 1.19 bits per heavy atom. The molecule has 26 heavy (non-hydrogen) atoms. The molecule has 1 saturated heterocycles. The number of likely N-dealkylation sites (tertiary alicyclic amines) is 1. The minimum Gasteiger partial charge on any atom is -0.338 e. The molecule has 136 valence electrons. The van der Waals surface area contributed by atoms with Crippen LogP contribution in [-0.2, 0) is 9.59 Å². The zero-order chi connectivity index (χ0) is 18.1. The van der Waals surface area contributed by atoms with Crippen LogP contribution >= 0.6 is 11.3 Å². The third kappa shape index (κ3) is 3.23. The highest BCUT2D eigenvalue weighted by molar-refractivity contribution is 7.15. The predicted octanol–water partition coefficient (Wildman–Crippen LogP) is 3.35. The Morgan fingerprint density at radius 3 is 2.65 bits per heavy atom. The van der Waals surface area contributed by atoms with Crippen LogP contribution < -0.4 is 5.32 Å². The first-order chi connectivity index (χ1) is 12.6. The molecular formula is C19H22N4O2S. The second-order valence-corrected chi connectivity index (χ2v) is 8.10. The zero-order valence-corrected chi connectivity index (χ0v) is 15.5. The number of aromatic nitrogens is 2. The van der Waals surface area contributed by atoms with Gasteiger partial charge in [0.05, 0.1) is 12.0 Å². The fraction of sp³-hybridized carbons (Fsp3) is 0.474. The number of nitrogens with zero attached hydrogens (tertiary/aromatic N) is 3. The monoisotopic (exact) mass is 370 g/mol. The van der Waals surface area contributed by atoms with E-state index in [2.05, 4.69) is 15.5 Å². The van der Waals surface area contributed by atoms with Crippen molar-refractivity contribution in [2.75, 3.05) is 12.4 Å². The molecule has 0 unspecified atom stereocenters. The average Bonchev–Trinajstić information content (AvgIpc) is 3.37. The molecule has 1 N–H and O–H groups in total. The molecule has 1 aromatic heterocycles. The Kier molecular flexibility index (Phi) is 4.72. The number of benzene rings is 1. The van der Waals surface area contributed by atoms with Gasteiger partial charge in [0, 0.05) is 19.4 Å². The third-order valence-corrected chi connectivity index (χ3v) is 6.44. The van der Waals surface area contributed by atoms with Crippen LogP contribution in [0.15, 0.2) is 30.3 Å². The first-order valence-electron chi connectivity index (χ1n) is 9.08. The van der Waals surface area contributed by atoms with E-state index in [4.69, 9.17) is 0 Å². The summed E-state index contributed by atoms with van der Waals surface area (Å²) in [7, 11) is 1.76. The van der Waals surface area contributed by atoms with Crippen molar-refractivity contribution < 1.29 is 9.59 Å². The Hall–Kier alpha value is -2.28. The Morgan fingerprint density at radius 2 is 1.92 bits per heavy atom. The first kappa shape index (κ1) is 17.1. The Balaban J connectivity index is 1.50. The highest BCUT2D eigenvalue weighted by atomic mass is 32.1. The lowest BCUT2D eigenvalue weighted by molar-refractivity contribution is -0.127. The van der Waals surface area contributed by atoms with E-state index in [0.717, 1.165) is 23.4 Å². The number of hydrogen-bond acceptors (Lipinski definition) is 5. The van der Waals surface area contributed by atoms with Crippen LogP contribution in [0, 0.1) is 5.92 Å². The highest BCUT2D eigenvalue weighted by Gasteiger charge is 2.42. The van der Waals surface area contributed by atoms with E-state index in [1.165, 1.54) is 24.2 Å². The number of anilines is 1. The molecule has 6 nitrogen and oxygen atoms in total. The Bertz CT molecular complexity index is 801. The van der Waals surface area contributed by atoms with Gasteiger partial charge in [-0.15, -0.1) is 10.2 Å². The highest BCUT2D eigenvalue weighted by Crippen LogP contribution is 2.39. The molecule has 1 aliphatic heterocycles. The standard InChI is InChI=1S/C19H22N4O2S/c1-23-15(24)11-14(16(23)12-7-3-2-4-8-12)17(25)20-19-22-21-18(26-19)13-9-5-6-10-13/h2-4,7-8,13-14,16H,5-6,9-11H2,1H3,(H,20,22,25)/t14-,16+/m1/s1. The van der Waals surface area contributed by atoms with Crippen LogP contribution in [0.25, 0.3) is 0 Å². The maximum absolute atomic E-state index is 12.9. The topological polar surface area (TPSA) is 75.2 Å². The van der Waals surface area contributed by atoms with Gasteiger partial charge in [-0.1, -0.05) is 54.5 Å². The lowest BCUT2D eigenvalue weighted by atomic mass is 9.93. The van der Waals surface area contributed by atoms with E-state index >= 15 is 0 Å². The molecule has 2 amide bonds. The average molecular weight is 370 g/mol. The molecule has 2 fully saturated rings. The van der Waals surface area contributed by atoms with E-state index in [1.807, 2.05) is 30.3 Å². The number of rotatable bonds is 4. The second-order valence-electron chi connectivity index (χ2n) is 7.09. The first-order valence-corrected chi connectivity index (χ1v) is 9.90. The Labute approximate surface area is 156 Å². The maximum Gasteiger partial charge on any atom is 0.232 e. The lowest BCUT2D eigenvalue weighted by Crippen LogP contribution is -2.29. The van der Waals surface area contributed by atoms with Crippen molar-refractivity contribution in [3.8, 4) is 0 Å². The maximum atomic E-state index is 12.9. The molecule has 2 atom stereocenters. The van der Waals surface area contributed by atoms with Crippen molar-refractivity contribution in [3.63, 3.8) is 0 Å². The molecule has 1 aromatic carbocycles. The molecule has 7 heteroatoms. The zero-order valence-electron chi connectivity index (χ0n) is 14.7. The molecule has 2 aromatic rings. The van der Waals surface area contributed by atoms with Gasteiger partial charge in [-0.2, -0.15) is 0 Å². The molecule has 0 spiro atoms. The summed E-state index contributed by atoms with van der Waals surface area (Å²) in [5.74, 6) is -0.114. The molecule has 2 aliphatic rings. The van der Waals surface area contributed by atoms with Crippen molar-refractivity contribution in [2.24, 2.45) is 5.92 Å². The van der Waals surface area contributed by atoms with E-state index in [9.17, 15) is 9.59 Å². The smallest absolute Gasteiger partial charge is 0.232 e. The largest absolute Gasteiger partial charge is 0.338 e. The fourth-order valence-corrected chi connectivity index (χ4v) is 4.95. The van der Waals surface area contributed by atoms with Crippen LogP contribution in [-0.4, -0.2) is 34.0 Å². The third-order valence-electron chi connectivity index (χ3n) is 5.44. The number of hydrogen-bond donors (Lipinski definition) is 1. The summed E-state index contributed by atoms with van der Waals surface area (Å²) in [5.41, 5.74) is 0.977. The van der Waals surface area contributed by atoms with Gasteiger partial charge in [-0.25, -0.2) is 0 Å². The summed E-state index contributed by atoms with van der Waals surface area (Å²) in [6, 6.07) is 9.47. The summed E-state index contributed by atoms with van der Waals surface area (Å²) in [4.78, 5) is 26.8. The quantitative estimate of drug-likeness (QED) is 0.895. The van der Waals surface area contributed by atoms with E-state index in [1.54, 1.807) is 11.9 Å². The summed E-state index contributed by atoms with van der Waals surface area (Å²) in [6.45, 7) is 0. The van der Waals surface area contributed by atoms with Crippen LogP contribution in [0.4, 0.5) is 5.13 Å². The van der Waals surface area contributed by atoms with Crippen LogP contribution in [0.1, 0.15) is 54.6 Å². The predicted molar refractivity (Wildman–Crippen MR) is 99.8 cm³/mol. The van der Waals surface area contributed by atoms with Gasteiger partial charge >= 0.3 is 0 Å². The summed E-state index contributed by atoms with van der Waals surface area (Å²) >= 11 is 1.46. The fourth-order valence-electron chi connectivity index (χ4n) is 4.03. The molecule has 1 saturated carbocycles. The summed E-state index contributed by atoms with van der Waals surface area (Å²) in [6.07, 6.45) is 5.00.